The normalized spacial score (nSPS) is 13.2. The van der Waals surface area contributed by atoms with E-state index < -0.39 is 17.7 Å². The number of alkyl carbamates (subject to hydrolysis) is 1. The first-order chi connectivity index (χ1) is 16.4. The number of halogens is 1. The van der Waals surface area contributed by atoms with Crippen molar-refractivity contribution in [1.29, 1.82) is 0 Å². The summed E-state index contributed by atoms with van der Waals surface area (Å²) < 4.78 is 10.9. The van der Waals surface area contributed by atoms with Gasteiger partial charge in [-0.25, -0.2) is 9.78 Å². The number of carbonyl (C=O) groups excluding carboxylic acids is 2. The Hall–Kier alpha value is -2.74. The molecular formula is C26H39ClN4O4. The predicted molar refractivity (Wildman–Crippen MR) is 142 cm³/mol. The minimum Gasteiger partial charge on any atom is -0.494 e. The van der Waals surface area contributed by atoms with E-state index in [0.29, 0.717) is 30.3 Å². The van der Waals surface area contributed by atoms with Gasteiger partial charge in [0.05, 0.1) is 17.8 Å². The maximum absolute atomic E-state index is 12.8. The molecule has 2 atom stereocenters. The van der Waals surface area contributed by atoms with E-state index in [-0.39, 0.29) is 11.8 Å². The first-order valence-electron chi connectivity index (χ1n) is 12.0. The van der Waals surface area contributed by atoms with Crippen LogP contribution in [0.3, 0.4) is 0 Å². The Morgan fingerprint density at radius 2 is 1.86 bits per heavy atom. The number of rotatable bonds is 10. The van der Waals surface area contributed by atoms with Crippen LogP contribution in [-0.4, -0.2) is 48.8 Å². The predicted octanol–water partition coefficient (Wildman–Crippen LogP) is 5.37. The fraction of sp³-hybridized carbons (Fsp3) is 0.577. The summed E-state index contributed by atoms with van der Waals surface area (Å²) in [6.07, 6.45) is 0.804. The third-order valence-electron chi connectivity index (χ3n) is 5.67. The number of fused-ring (bicyclic) bond motifs is 1. The molecule has 0 aliphatic carbocycles. The summed E-state index contributed by atoms with van der Waals surface area (Å²) in [7, 11) is 1.61. The topological polar surface area (TPSA) is 102 Å². The third kappa shape index (κ3) is 7.88. The van der Waals surface area contributed by atoms with Crippen LogP contribution in [0, 0.1) is 19.8 Å². The number of amides is 2. The summed E-state index contributed by atoms with van der Waals surface area (Å²) in [5, 5.41) is 10.4. The highest BCUT2D eigenvalue weighted by Crippen LogP contribution is 2.38. The summed E-state index contributed by atoms with van der Waals surface area (Å²) in [6.45, 7) is 14.2. The molecule has 35 heavy (non-hydrogen) atoms. The molecule has 2 rings (SSSR count). The maximum Gasteiger partial charge on any atom is 0.408 e. The zero-order chi connectivity index (χ0) is 26.3. The molecule has 9 heteroatoms. The van der Waals surface area contributed by atoms with Crippen LogP contribution in [0.4, 0.5) is 10.5 Å². The molecule has 1 aromatic heterocycles. The minimum atomic E-state index is -0.666. The molecule has 0 spiro atoms. The number of benzene rings is 1. The standard InChI is InChI=1S/C26H39ClN4O4/c1-9-15(2)22(31-25(33)35-26(5,6)7)24(32)29-12-10-11-28-18-14-19(34-8)23-20(21(18)27)16(3)13-17(4)30-23/h13-15,22,28H,9-12H2,1-8H3,(H,29,32)(H,31,33)/t15-,22-/m0/s1. The molecule has 0 unspecified atom stereocenters. The molecule has 0 saturated heterocycles. The van der Waals surface area contributed by atoms with Gasteiger partial charge >= 0.3 is 6.09 Å². The Kier molecular flexibility index (Phi) is 10.0. The van der Waals surface area contributed by atoms with Crippen molar-refractivity contribution in [2.75, 3.05) is 25.5 Å². The molecule has 2 aromatic rings. The molecule has 3 N–H and O–H groups in total. The highest BCUT2D eigenvalue weighted by molar-refractivity contribution is 6.38. The number of anilines is 1. The van der Waals surface area contributed by atoms with Gasteiger partial charge in [0.25, 0.3) is 0 Å². The number of aryl methyl sites for hydroxylation is 2. The Labute approximate surface area is 213 Å². The van der Waals surface area contributed by atoms with E-state index in [1.54, 1.807) is 27.9 Å². The van der Waals surface area contributed by atoms with Crippen molar-refractivity contribution in [3.8, 4) is 5.75 Å². The van der Waals surface area contributed by atoms with Gasteiger partial charge in [-0.05, 0) is 58.6 Å². The molecule has 0 fully saturated rings. The molecule has 8 nitrogen and oxygen atoms in total. The van der Waals surface area contributed by atoms with Crippen LogP contribution in [0.2, 0.25) is 5.02 Å². The summed E-state index contributed by atoms with van der Waals surface area (Å²) in [6, 6.07) is 3.17. The van der Waals surface area contributed by atoms with Crippen LogP contribution in [0.5, 0.6) is 5.75 Å². The van der Waals surface area contributed by atoms with Crippen molar-refractivity contribution in [1.82, 2.24) is 15.6 Å². The first kappa shape index (κ1) is 28.5. The van der Waals surface area contributed by atoms with Crippen molar-refractivity contribution in [3.05, 3.63) is 28.4 Å². The first-order valence-corrected chi connectivity index (χ1v) is 12.4. The minimum absolute atomic E-state index is 0.0370. The average molecular weight is 507 g/mol. The van der Waals surface area contributed by atoms with E-state index in [4.69, 9.17) is 21.1 Å². The molecule has 0 saturated carbocycles. The maximum atomic E-state index is 12.8. The molecule has 0 radical (unpaired) electrons. The number of methoxy groups -OCH3 is 1. The number of carbonyl (C=O) groups is 2. The molecule has 1 aromatic carbocycles. The number of hydrogen-bond acceptors (Lipinski definition) is 6. The third-order valence-corrected chi connectivity index (χ3v) is 6.06. The lowest BCUT2D eigenvalue weighted by molar-refractivity contribution is -0.124. The van der Waals surface area contributed by atoms with E-state index in [9.17, 15) is 9.59 Å². The number of nitrogens with zero attached hydrogens (tertiary/aromatic N) is 1. The van der Waals surface area contributed by atoms with Gasteiger partial charge in [-0.15, -0.1) is 0 Å². The number of ether oxygens (including phenoxy) is 2. The largest absolute Gasteiger partial charge is 0.494 e. The fourth-order valence-corrected chi connectivity index (χ4v) is 4.10. The van der Waals surface area contributed by atoms with E-state index >= 15 is 0 Å². The number of nitrogens with one attached hydrogen (secondary N) is 3. The molecule has 194 valence electrons. The second-order valence-electron chi connectivity index (χ2n) is 9.83. The average Bonchev–Trinajstić information content (AvgIpc) is 2.76. The number of hydrogen-bond donors (Lipinski definition) is 3. The van der Waals surface area contributed by atoms with E-state index in [1.807, 2.05) is 39.8 Å². The van der Waals surface area contributed by atoms with Gasteiger partial charge in [-0.2, -0.15) is 0 Å². The molecule has 0 aliphatic heterocycles. The van der Waals surface area contributed by atoms with Crippen LogP contribution < -0.4 is 20.7 Å². The molecular weight excluding hydrogens is 468 g/mol. The van der Waals surface area contributed by atoms with E-state index in [0.717, 1.165) is 34.3 Å². The van der Waals surface area contributed by atoms with Crippen molar-refractivity contribution in [2.24, 2.45) is 5.92 Å². The van der Waals surface area contributed by atoms with E-state index in [1.165, 1.54) is 0 Å². The molecule has 0 aliphatic rings. The summed E-state index contributed by atoms with van der Waals surface area (Å²) in [4.78, 5) is 29.6. The monoisotopic (exact) mass is 506 g/mol. The van der Waals surface area contributed by atoms with E-state index in [2.05, 4.69) is 20.9 Å². The quantitative estimate of drug-likeness (QED) is 0.374. The fourth-order valence-electron chi connectivity index (χ4n) is 3.74. The zero-order valence-electron chi connectivity index (χ0n) is 22.1. The van der Waals surface area contributed by atoms with Crippen LogP contribution in [0.15, 0.2) is 12.1 Å². The van der Waals surface area contributed by atoms with Crippen molar-refractivity contribution in [2.45, 2.75) is 73.0 Å². The van der Waals surface area contributed by atoms with Crippen molar-refractivity contribution in [3.63, 3.8) is 0 Å². The molecule has 0 bridgehead atoms. The van der Waals surface area contributed by atoms with Crippen LogP contribution in [0.1, 0.15) is 58.7 Å². The Morgan fingerprint density at radius 3 is 2.46 bits per heavy atom. The van der Waals surface area contributed by atoms with Gasteiger partial charge in [0, 0.05) is 30.2 Å². The molecule has 2 amide bonds. The van der Waals surface area contributed by atoms with Crippen LogP contribution in [0.25, 0.3) is 10.9 Å². The van der Waals surface area contributed by atoms with Gasteiger partial charge in [0.1, 0.15) is 22.9 Å². The zero-order valence-corrected chi connectivity index (χ0v) is 22.9. The summed E-state index contributed by atoms with van der Waals surface area (Å²) >= 11 is 6.70. The highest BCUT2D eigenvalue weighted by Gasteiger charge is 2.28. The number of pyridine rings is 1. The smallest absolute Gasteiger partial charge is 0.408 e. The SMILES string of the molecule is CC[C@H](C)[C@H](NC(=O)OC(C)(C)C)C(=O)NCCCNc1cc(OC)c2nc(C)cc(C)c2c1Cl. The lowest BCUT2D eigenvalue weighted by Crippen LogP contribution is -2.51. The number of aromatic nitrogens is 1. The van der Waals surface area contributed by atoms with Crippen molar-refractivity contribution >= 4 is 40.2 Å². The van der Waals surface area contributed by atoms with Crippen LogP contribution in [-0.2, 0) is 9.53 Å². The second-order valence-corrected chi connectivity index (χ2v) is 10.2. The Morgan fingerprint density at radius 1 is 1.17 bits per heavy atom. The van der Waals surface area contributed by atoms with Gasteiger partial charge in [0.15, 0.2) is 0 Å². The van der Waals surface area contributed by atoms with Gasteiger partial charge < -0.3 is 25.4 Å². The van der Waals surface area contributed by atoms with Gasteiger partial charge in [-0.1, -0.05) is 31.9 Å². The summed E-state index contributed by atoms with van der Waals surface area (Å²) in [5.74, 6) is 0.384. The Bertz CT molecular complexity index is 1050. The van der Waals surface area contributed by atoms with Gasteiger partial charge in [-0.3, -0.25) is 4.79 Å². The lowest BCUT2D eigenvalue weighted by Gasteiger charge is -2.26. The molecule has 1 heterocycles. The lowest BCUT2D eigenvalue weighted by atomic mass is 9.98. The Balaban J connectivity index is 1.98. The van der Waals surface area contributed by atoms with Crippen molar-refractivity contribution < 1.29 is 19.1 Å². The summed E-state index contributed by atoms with van der Waals surface area (Å²) in [5.41, 5.74) is 2.78. The highest BCUT2D eigenvalue weighted by atomic mass is 35.5. The van der Waals surface area contributed by atoms with Crippen LogP contribution >= 0.6 is 11.6 Å². The second kappa shape index (κ2) is 12.3. The van der Waals surface area contributed by atoms with Gasteiger partial charge in [0.2, 0.25) is 5.91 Å².